The van der Waals surface area contributed by atoms with Crippen LogP contribution in [0.3, 0.4) is 0 Å². The van der Waals surface area contributed by atoms with E-state index >= 15 is 0 Å². The number of nitrogens with zero attached hydrogens (tertiary/aromatic N) is 2. The molecular formula is C14H24N2O4. The maximum Gasteiger partial charge on any atom is 0.305 e. The van der Waals surface area contributed by atoms with E-state index < -0.39 is 0 Å². The summed E-state index contributed by atoms with van der Waals surface area (Å²) in [6.07, 6.45) is 1.88. The van der Waals surface area contributed by atoms with Crippen molar-refractivity contribution >= 4 is 17.6 Å². The Morgan fingerprint density at radius 2 is 2.10 bits per heavy atom. The highest BCUT2D eigenvalue weighted by molar-refractivity contribution is 5.85. The zero-order valence-corrected chi connectivity index (χ0v) is 12.5. The van der Waals surface area contributed by atoms with Crippen LogP contribution >= 0.6 is 0 Å². The van der Waals surface area contributed by atoms with Gasteiger partial charge in [0, 0.05) is 32.4 Å². The minimum atomic E-state index is -0.196. The number of piperidine rings is 1. The maximum absolute atomic E-state index is 11.5. The molecule has 1 saturated heterocycles. The predicted octanol–water partition coefficient (Wildman–Crippen LogP) is 1.66. The molecule has 0 spiro atoms. The summed E-state index contributed by atoms with van der Waals surface area (Å²) in [4.78, 5) is 24.7. The van der Waals surface area contributed by atoms with Gasteiger partial charge >= 0.3 is 5.97 Å². The number of ether oxygens (including phenoxy) is 1. The van der Waals surface area contributed by atoms with Crippen molar-refractivity contribution in [2.24, 2.45) is 17.0 Å². The van der Waals surface area contributed by atoms with Gasteiger partial charge in [-0.2, -0.15) is 0 Å². The fourth-order valence-electron chi connectivity index (χ4n) is 2.72. The number of esters is 1. The number of hydrogen-bond acceptors (Lipinski definition) is 5. The van der Waals surface area contributed by atoms with Gasteiger partial charge in [0.05, 0.1) is 12.3 Å². The van der Waals surface area contributed by atoms with Crippen LogP contribution in [0.25, 0.3) is 0 Å². The van der Waals surface area contributed by atoms with E-state index in [2.05, 4.69) is 5.16 Å². The molecule has 20 heavy (non-hydrogen) atoms. The fourth-order valence-corrected chi connectivity index (χ4v) is 2.72. The molecule has 6 nitrogen and oxygen atoms in total. The third-order valence-corrected chi connectivity index (χ3v) is 3.92. The monoisotopic (exact) mass is 284 g/mol. The Hall–Kier alpha value is -1.59. The Kier molecular flexibility index (Phi) is 6.48. The molecule has 6 heteroatoms. The van der Waals surface area contributed by atoms with E-state index in [0.29, 0.717) is 38.2 Å². The lowest BCUT2D eigenvalue weighted by Gasteiger charge is -2.37. The summed E-state index contributed by atoms with van der Waals surface area (Å²) in [7, 11) is 0. The van der Waals surface area contributed by atoms with Gasteiger partial charge in [-0.25, -0.2) is 0 Å². The topological polar surface area (TPSA) is 79.2 Å². The summed E-state index contributed by atoms with van der Waals surface area (Å²) in [5.41, 5.74) is 0.616. The molecule has 0 aromatic carbocycles. The Morgan fingerprint density at radius 1 is 1.40 bits per heavy atom. The van der Waals surface area contributed by atoms with Gasteiger partial charge in [0.25, 0.3) is 0 Å². The molecule has 1 aliphatic rings. The van der Waals surface area contributed by atoms with Crippen molar-refractivity contribution in [2.75, 3.05) is 19.7 Å². The molecule has 1 fully saturated rings. The highest BCUT2D eigenvalue weighted by Crippen LogP contribution is 2.29. The standard InChI is InChI=1S/C14H24N2O4/c1-4-20-14(18)6-5-12-7-8-16(11(3)17)9-13(12)10(2)15-19/h12-13,19H,4-9H2,1-3H3/b15-10+/t12-,13-/m1/s1. The predicted molar refractivity (Wildman–Crippen MR) is 74.6 cm³/mol. The molecule has 0 bridgehead atoms. The second kappa shape index (κ2) is 7.87. The number of hydrogen-bond donors (Lipinski definition) is 1. The van der Waals surface area contributed by atoms with Crippen LogP contribution in [0.15, 0.2) is 5.16 Å². The van der Waals surface area contributed by atoms with Crippen molar-refractivity contribution in [1.29, 1.82) is 0 Å². The van der Waals surface area contributed by atoms with Crippen LogP contribution in [0.4, 0.5) is 0 Å². The van der Waals surface area contributed by atoms with E-state index in [9.17, 15) is 9.59 Å². The van der Waals surface area contributed by atoms with Crippen LogP contribution in [0.5, 0.6) is 0 Å². The molecule has 1 aliphatic heterocycles. The molecular weight excluding hydrogens is 260 g/mol. The Morgan fingerprint density at radius 3 is 2.65 bits per heavy atom. The lowest BCUT2D eigenvalue weighted by Crippen LogP contribution is -2.45. The van der Waals surface area contributed by atoms with Crippen molar-refractivity contribution in [2.45, 2.75) is 40.0 Å². The van der Waals surface area contributed by atoms with Gasteiger partial charge in [-0.3, -0.25) is 9.59 Å². The minimum Gasteiger partial charge on any atom is -0.466 e. The van der Waals surface area contributed by atoms with Gasteiger partial charge in [0.15, 0.2) is 0 Å². The van der Waals surface area contributed by atoms with Gasteiger partial charge in [-0.1, -0.05) is 5.16 Å². The molecule has 0 saturated carbocycles. The second-order valence-electron chi connectivity index (χ2n) is 5.21. The van der Waals surface area contributed by atoms with Crippen molar-refractivity contribution in [3.8, 4) is 0 Å². The van der Waals surface area contributed by atoms with Crippen LogP contribution in [0.2, 0.25) is 0 Å². The van der Waals surface area contributed by atoms with Crippen molar-refractivity contribution in [1.82, 2.24) is 4.90 Å². The number of amides is 1. The molecule has 0 unspecified atom stereocenters. The second-order valence-corrected chi connectivity index (χ2v) is 5.21. The maximum atomic E-state index is 11.5. The molecule has 0 aromatic heterocycles. The normalized spacial score (nSPS) is 23.6. The third kappa shape index (κ3) is 4.51. The number of rotatable bonds is 5. The average Bonchev–Trinajstić information content (AvgIpc) is 2.44. The van der Waals surface area contributed by atoms with Gasteiger partial charge in [-0.15, -0.1) is 0 Å². The molecule has 1 N–H and O–H groups in total. The number of carbonyl (C=O) groups is 2. The van der Waals surface area contributed by atoms with Crippen molar-refractivity contribution in [3.63, 3.8) is 0 Å². The smallest absolute Gasteiger partial charge is 0.305 e. The van der Waals surface area contributed by atoms with Crippen molar-refractivity contribution < 1.29 is 19.5 Å². The highest BCUT2D eigenvalue weighted by Gasteiger charge is 2.32. The summed E-state index contributed by atoms with van der Waals surface area (Å²) in [6, 6.07) is 0. The first-order valence-corrected chi connectivity index (χ1v) is 7.09. The van der Waals surface area contributed by atoms with Crippen LogP contribution in [0, 0.1) is 11.8 Å². The van der Waals surface area contributed by atoms with Crippen LogP contribution in [-0.4, -0.2) is 47.4 Å². The summed E-state index contributed by atoms with van der Waals surface area (Å²) in [6.45, 7) is 6.72. The Labute approximate surface area is 119 Å². The van der Waals surface area contributed by atoms with Crippen LogP contribution in [0.1, 0.15) is 40.0 Å². The van der Waals surface area contributed by atoms with E-state index in [1.165, 1.54) is 0 Å². The zero-order chi connectivity index (χ0) is 15.1. The molecule has 114 valence electrons. The quantitative estimate of drug-likeness (QED) is 0.360. The summed E-state index contributed by atoms with van der Waals surface area (Å²) in [5, 5.41) is 12.3. The first-order valence-electron chi connectivity index (χ1n) is 7.09. The molecule has 0 aromatic rings. The van der Waals surface area contributed by atoms with E-state index in [-0.39, 0.29) is 23.7 Å². The summed E-state index contributed by atoms with van der Waals surface area (Å²) >= 11 is 0. The molecule has 1 heterocycles. The van der Waals surface area contributed by atoms with Crippen molar-refractivity contribution in [3.05, 3.63) is 0 Å². The Bertz CT molecular complexity index is 381. The van der Waals surface area contributed by atoms with E-state index in [1.54, 1.807) is 25.7 Å². The SMILES string of the molecule is CCOC(=O)CC[C@@H]1CCN(C(C)=O)C[C@@H]1/C(C)=N/O. The van der Waals surface area contributed by atoms with Gasteiger partial charge < -0.3 is 14.8 Å². The van der Waals surface area contributed by atoms with Gasteiger partial charge in [-0.05, 0) is 32.6 Å². The van der Waals surface area contributed by atoms with Gasteiger partial charge in [0.1, 0.15) is 0 Å². The van der Waals surface area contributed by atoms with E-state index in [4.69, 9.17) is 9.94 Å². The summed E-state index contributed by atoms with van der Waals surface area (Å²) in [5.74, 6) is 0.0846. The van der Waals surface area contributed by atoms with Gasteiger partial charge in [0.2, 0.25) is 5.91 Å². The first kappa shape index (κ1) is 16.5. The third-order valence-electron chi connectivity index (χ3n) is 3.92. The largest absolute Gasteiger partial charge is 0.466 e. The van der Waals surface area contributed by atoms with E-state index in [0.717, 1.165) is 6.42 Å². The number of oxime groups is 1. The number of carbonyl (C=O) groups excluding carboxylic acids is 2. The lowest BCUT2D eigenvalue weighted by molar-refractivity contribution is -0.143. The first-order chi connectivity index (χ1) is 9.49. The average molecular weight is 284 g/mol. The molecule has 0 radical (unpaired) electrons. The van der Waals surface area contributed by atoms with Crippen LogP contribution < -0.4 is 0 Å². The minimum absolute atomic E-state index is 0.00655. The lowest BCUT2D eigenvalue weighted by atomic mass is 9.80. The Balaban J connectivity index is 2.64. The van der Waals surface area contributed by atoms with Crippen LogP contribution in [-0.2, 0) is 14.3 Å². The summed E-state index contributed by atoms with van der Waals surface area (Å²) < 4.78 is 4.93. The zero-order valence-electron chi connectivity index (χ0n) is 12.5. The molecule has 1 amide bonds. The van der Waals surface area contributed by atoms with E-state index in [1.807, 2.05) is 0 Å². The molecule has 0 aliphatic carbocycles. The molecule has 2 atom stereocenters. The highest BCUT2D eigenvalue weighted by atomic mass is 16.5. The fraction of sp³-hybridized carbons (Fsp3) is 0.786. The number of likely N-dealkylation sites (tertiary alicyclic amines) is 1. The molecule has 1 rings (SSSR count).